The molecule has 0 aromatic heterocycles. The first-order valence-corrected chi connectivity index (χ1v) is 21.3. The van der Waals surface area contributed by atoms with Gasteiger partial charge in [-0.2, -0.15) is 12.6 Å². The summed E-state index contributed by atoms with van der Waals surface area (Å²) in [5, 5.41) is 3.26. The molecule has 0 radical (unpaired) electrons. The van der Waals surface area contributed by atoms with Crippen LogP contribution in [0.2, 0.25) is 0 Å². The number of thiol groups is 1. The van der Waals surface area contributed by atoms with Gasteiger partial charge in [0, 0.05) is 50.1 Å². The summed E-state index contributed by atoms with van der Waals surface area (Å²) < 4.78 is 11.3. The van der Waals surface area contributed by atoms with Crippen LogP contribution in [0.15, 0.2) is 12.2 Å². The Balaban J connectivity index is 4.90. The molecule has 0 aromatic rings. The van der Waals surface area contributed by atoms with Crippen LogP contribution >= 0.6 is 24.4 Å². The summed E-state index contributed by atoms with van der Waals surface area (Å²) in [5.41, 5.74) is 0. The van der Waals surface area contributed by atoms with Crippen LogP contribution in [-0.4, -0.2) is 97.5 Å². The molecule has 0 aromatic carbocycles. The Morgan fingerprint density at radius 3 is 2.00 bits per heavy atom. The van der Waals surface area contributed by atoms with Gasteiger partial charge in [0.15, 0.2) is 0 Å². The molecular formula is C39H75N3O5S2. The second-order valence-electron chi connectivity index (χ2n) is 13.4. The fourth-order valence-electron chi connectivity index (χ4n) is 5.55. The Morgan fingerprint density at radius 1 is 0.755 bits per heavy atom. The lowest BCUT2D eigenvalue weighted by molar-refractivity contribution is -0.150. The molecule has 0 aliphatic carbocycles. The van der Waals surface area contributed by atoms with E-state index in [9.17, 15) is 14.4 Å². The Bertz CT molecular complexity index is 816. The van der Waals surface area contributed by atoms with Gasteiger partial charge in [0.2, 0.25) is 0 Å². The average Bonchev–Trinajstić information content (AvgIpc) is 3.09. The molecule has 0 fully saturated rings. The van der Waals surface area contributed by atoms with Crippen molar-refractivity contribution in [1.82, 2.24) is 15.1 Å². The first-order chi connectivity index (χ1) is 23.8. The zero-order chi connectivity index (χ0) is 36.4. The number of esters is 2. The predicted molar refractivity (Wildman–Crippen MR) is 213 cm³/mol. The van der Waals surface area contributed by atoms with Crippen molar-refractivity contribution in [2.24, 2.45) is 0 Å². The van der Waals surface area contributed by atoms with Gasteiger partial charge in [-0.15, -0.1) is 0 Å². The fraction of sp³-hybridized carbons (Fsp3) is 0.872. The number of nitrogens with one attached hydrogen (secondary N) is 1. The van der Waals surface area contributed by atoms with Crippen molar-refractivity contribution < 1.29 is 23.9 Å². The molecular weight excluding hydrogens is 655 g/mol. The lowest BCUT2D eigenvalue weighted by Gasteiger charge is -2.25. The highest BCUT2D eigenvalue weighted by Gasteiger charge is 2.19. The second kappa shape index (κ2) is 35.2. The summed E-state index contributed by atoms with van der Waals surface area (Å²) in [6.07, 6.45) is 24.0. The lowest BCUT2D eigenvalue weighted by Crippen LogP contribution is -2.40. The van der Waals surface area contributed by atoms with Crippen LogP contribution in [0, 0.1) is 0 Å². The minimum Gasteiger partial charge on any atom is -0.462 e. The van der Waals surface area contributed by atoms with Crippen molar-refractivity contribution in [2.45, 2.75) is 161 Å². The molecule has 0 aliphatic heterocycles. The Hall–Kier alpha value is -1.23. The first-order valence-electron chi connectivity index (χ1n) is 19.7. The number of hydrogen-bond acceptors (Lipinski definition) is 9. The van der Waals surface area contributed by atoms with Crippen LogP contribution in [0.5, 0.6) is 0 Å². The Morgan fingerprint density at radius 2 is 1.39 bits per heavy atom. The van der Waals surface area contributed by atoms with Gasteiger partial charge in [0.25, 0.3) is 5.24 Å². The molecule has 1 N–H and O–H groups in total. The van der Waals surface area contributed by atoms with Gasteiger partial charge in [0.1, 0.15) is 12.7 Å². The number of allylic oxidation sites excluding steroid dienone is 1. The minimum absolute atomic E-state index is 0.00265. The van der Waals surface area contributed by atoms with Crippen LogP contribution in [0.4, 0.5) is 4.79 Å². The zero-order valence-electron chi connectivity index (χ0n) is 32.2. The number of carbonyl (C=O) groups is 3. The summed E-state index contributed by atoms with van der Waals surface area (Å²) >= 11 is 5.72. The molecule has 0 bridgehead atoms. The van der Waals surface area contributed by atoms with Crippen molar-refractivity contribution in [3.63, 3.8) is 0 Å². The number of carbonyl (C=O) groups excluding carboxylic acids is 3. The van der Waals surface area contributed by atoms with E-state index in [2.05, 4.69) is 56.7 Å². The van der Waals surface area contributed by atoms with Crippen LogP contribution in [0.25, 0.3) is 0 Å². The molecule has 1 unspecified atom stereocenters. The monoisotopic (exact) mass is 730 g/mol. The van der Waals surface area contributed by atoms with Crippen molar-refractivity contribution >= 4 is 41.6 Å². The number of thioether (sulfide) groups is 1. The molecule has 0 rings (SSSR count). The summed E-state index contributed by atoms with van der Waals surface area (Å²) in [6, 6.07) is 0.299. The van der Waals surface area contributed by atoms with Gasteiger partial charge >= 0.3 is 11.9 Å². The van der Waals surface area contributed by atoms with Gasteiger partial charge in [-0.3, -0.25) is 14.4 Å². The third kappa shape index (κ3) is 30.1. The van der Waals surface area contributed by atoms with Crippen molar-refractivity contribution in [2.75, 3.05) is 58.4 Å². The molecule has 49 heavy (non-hydrogen) atoms. The first kappa shape index (κ1) is 47.8. The molecule has 8 nitrogen and oxygen atoms in total. The fourth-order valence-corrected chi connectivity index (χ4v) is 6.79. The molecule has 10 heteroatoms. The summed E-state index contributed by atoms with van der Waals surface area (Å²) in [6.45, 7) is 9.51. The third-order valence-corrected chi connectivity index (χ3v) is 10.1. The third-order valence-electron chi connectivity index (χ3n) is 8.80. The highest BCUT2D eigenvalue weighted by molar-refractivity contribution is 8.13. The van der Waals surface area contributed by atoms with E-state index in [-0.39, 0.29) is 29.7 Å². The van der Waals surface area contributed by atoms with E-state index in [0.29, 0.717) is 37.9 Å². The van der Waals surface area contributed by atoms with E-state index in [4.69, 9.17) is 9.47 Å². The van der Waals surface area contributed by atoms with Gasteiger partial charge < -0.3 is 24.6 Å². The van der Waals surface area contributed by atoms with E-state index in [1.165, 1.54) is 76.0 Å². The maximum atomic E-state index is 13.3. The van der Waals surface area contributed by atoms with Crippen molar-refractivity contribution in [1.29, 1.82) is 0 Å². The van der Waals surface area contributed by atoms with E-state index >= 15 is 0 Å². The van der Waals surface area contributed by atoms with E-state index in [0.717, 1.165) is 70.2 Å². The summed E-state index contributed by atoms with van der Waals surface area (Å²) in [5.74, 6) is 1.04. The normalized spacial score (nSPS) is 12.2. The maximum Gasteiger partial charge on any atom is 0.307 e. The van der Waals surface area contributed by atoms with Gasteiger partial charge in [-0.1, -0.05) is 109 Å². The number of amides is 1. The van der Waals surface area contributed by atoms with Gasteiger partial charge in [-0.25, -0.2) is 0 Å². The topological polar surface area (TPSA) is 88.2 Å². The molecule has 0 saturated carbocycles. The summed E-state index contributed by atoms with van der Waals surface area (Å²) in [7, 11) is 4.00. The molecule has 0 heterocycles. The largest absolute Gasteiger partial charge is 0.462 e. The maximum absolute atomic E-state index is 13.3. The molecule has 1 amide bonds. The highest BCUT2D eigenvalue weighted by Crippen LogP contribution is 2.18. The number of nitrogens with zero attached hydrogens (tertiary/aromatic N) is 2. The molecule has 0 spiro atoms. The standard InChI is InChI=1S/C39H75N3O5S2/c1-6-9-12-15-16-17-23-31-46-37(43)26-21-18-22-28-42(39(45)49-32-30-41(5)33-35(34-48)40-4)29-27-38(44)47-36(24-19-13-10-7-2)25-20-14-11-8-3/h17,23,35-36,40,48H,6-16,18-22,24-34H2,1-5H3/b23-17-. The Kier molecular flexibility index (Phi) is 34.3. The highest BCUT2D eigenvalue weighted by atomic mass is 32.2. The predicted octanol–water partition coefficient (Wildman–Crippen LogP) is 9.46. The Labute approximate surface area is 311 Å². The van der Waals surface area contributed by atoms with Crippen molar-refractivity contribution in [3.05, 3.63) is 12.2 Å². The van der Waals surface area contributed by atoms with Crippen LogP contribution in [0.1, 0.15) is 149 Å². The number of ether oxygens (including phenoxy) is 2. The van der Waals surface area contributed by atoms with Crippen LogP contribution in [-0.2, 0) is 19.1 Å². The molecule has 0 saturated heterocycles. The quantitative estimate of drug-likeness (QED) is 0.0293. The molecule has 288 valence electrons. The molecule has 1 atom stereocenters. The van der Waals surface area contributed by atoms with Crippen LogP contribution < -0.4 is 5.32 Å². The average molecular weight is 730 g/mol. The number of rotatable bonds is 34. The lowest BCUT2D eigenvalue weighted by atomic mass is 10.0. The minimum atomic E-state index is -0.207. The number of hydrogen-bond donors (Lipinski definition) is 2. The van der Waals surface area contributed by atoms with Gasteiger partial charge in [0.05, 0.1) is 6.42 Å². The van der Waals surface area contributed by atoms with E-state index < -0.39 is 0 Å². The van der Waals surface area contributed by atoms with E-state index in [1.54, 1.807) is 4.90 Å². The zero-order valence-corrected chi connectivity index (χ0v) is 33.9. The SMILES string of the molecule is CCCCCC/C=C\COC(=O)CCCCCN(CCC(=O)OC(CCCCCC)CCCCCC)C(=O)SCCN(C)CC(CS)NC. The number of unbranched alkanes of at least 4 members (excludes halogenated alkanes) is 12. The van der Waals surface area contributed by atoms with E-state index in [1.807, 2.05) is 13.1 Å². The van der Waals surface area contributed by atoms with Gasteiger partial charge in [-0.05, 0) is 65.5 Å². The summed E-state index contributed by atoms with van der Waals surface area (Å²) in [4.78, 5) is 42.5. The van der Waals surface area contributed by atoms with Crippen molar-refractivity contribution in [3.8, 4) is 0 Å². The molecule has 0 aliphatic rings. The van der Waals surface area contributed by atoms with Crippen LogP contribution in [0.3, 0.4) is 0 Å². The smallest absolute Gasteiger partial charge is 0.307 e. The second-order valence-corrected chi connectivity index (χ2v) is 14.8. The number of likely N-dealkylation sites (N-methyl/N-ethyl adjacent to an activating group) is 2.